The Balaban J connectivity index is 1.87. The van der Waals surface area contributed by atoms with Crippen molar-refractivity contribution in [3.8, 4) is 0 Å². The van der Waals surface area contributed by atoms with Crippen molar-refractivity contribution in [1.82, 2.24) is 14.9 Å². The molecule has 3 rings (SSSR count). The van der Waals surface area contributed by atoms with E-state index in [9.17, 15) is 4.79 Å². The first-order valence-electron chi connectivity index (χ1n) is 6.30. The molecule has 0 saturated carbocycles. The average Bonchev–Trinajstić information content (AvgIpc) is 3.08. The predicted molar refractivity (Wildman–Crippen MR) is 75.7 cm³/mol. The van der Waals surface area contributed by atoms with Crippen molar-refractivity contribution in [2.24, 2.45) is 0 Å². The molecule has 0 bridgehead atoms. The topological polar surface area (TPSA) is 49.0 Å². The maximum atomic E-state index is 12.6. The predicted octanol–water partition coefficient (Wildman–Crippen LogP) is 3.15. The number of aromatic nitrogens is 2. The smallest absolute Gasteiger partial charge is 0.256 e. The van der Waals surface area contributed by atoms with Gasteiger partial charge >= 0.3 is 0 Å². The highest BCUT2D eigenvalue weighted by Gasteiger charge is 2.31. The number of nitrogens with one attached hydrogen (secondary N) is 1. The Labute approximate surface area is 120 Å². The fourth-order valence-corrected chi connectivity index (χ4v) is 2.94. The molecule has 0 radical (unpaired) electrons. The van der Waals surface area contributed by atoms with Crippen molar-refractivity contribution < 1.29 is 4.79 Å². The number of hydrogen-bond acceptors (Lipinski definition) is 2. The van der Waals surface area contributed by atoms with E-state index in [1.54, 1.807) is 12.4 Å². The van der Waals surface area contributed by atoms with Gasteiger partial charge < -0.3 is 9.88 Å². The molecule has 2 aromatic rings. The number of H-pyrrole nitrogens is 1. The van der Waals surface area contributed by atoms with Gasteiger partial charge in [0.15, 0.2) is 0 Å². The Morgan fingerprint density at radius 2 is 2.37 bits per heavy atom. The molecule has 4 nitrogen and oxygen atoms in total. The number of amides is 1. The van der Waals surface area contributed by atoms with Crippen molar-refractivity contribution in [1.29, 1.82) is 0 Å². The van der Waals surface area contributed by atoms with E-state index < -0.39 is 0 Å². The maximum absolute atomic E-state index is 12.6. The molecule has 5 heteroatoms. The Bertz CT molecular complexity index is 582. The van der Waals surface area contributed by atoms with Crippen molar-refractivity contribution >= 4 is 21.8 Å². The third kappa shape index (κ3) is 2.42. The maximum Gasteiger partial charge on any atom is 0.256 e. The molecule has 1 aliphatic rings. The quantitative estimate of drug-likeness (QED) is 0.924. The van der Waals surface area contributed by atoms with E-state index in [0.29, 0.717) is 5.56 Å². The van der Waals surface area contributed by atoms with Crippen LogP contribution in [-0.4, -0.2) is 27.3 Å². The van der Waals surface area contributed by atoms with Crippen molar-refractivity contribution in [3.63, 3.8) is 0 Å². The summed E-state index contributed by atoms with van der Waals surface area (Å²) in [5.74, 6) is 0.0471. The van der Waals surface area contributed by atoms with Gasteiger partial charge in [-0.1, -0.05) is 0 Å². The van der Waals surface area contributed by atoms with Gasteiger partial charge in [0.05, 0.1) is 11.6 Å². The van der Waals surface area contributed by atoms with Gasteiger partial charge in [-0.2, -0.15) is 0 Å². The number of hydrogen-bond donors (Lipinski definition) is 1. The van der Waals surface area contributed by atoms with E-state index in [1.165, 1.54) is 0 Å². The van der Waals surface area contributed by atoms with E-state index >= 15 is 0 Å². The number of carbonyl (C=O) groups is 1. The number of rotatable bonds is 2. The first-order valence-corrected chi connectivity index (χ1v) is 7.10. The Kier molecular flexibility index (Phi) is 3.38. The Morgan fingerprint density at radius 3 is 3.11 bits per heavy atom. The minimum atomic E-state index is 0.0471. The Morgan fingerprint density at radius 1 is 1.47 bits per heavy atom. The summed E-state index contributed by atoms with van der Waals surface area (Å²) >= 11 is 3.35. The first-order chi connectivity index (χ1) is 9.25. The molecule has 19 heavy (non-hydrogen) atoms. The number of halogens is 1. The zero-order valence-electron chi connectivity index (χ0n) is 10.3. The lowest BCUT2D eigenvalue weighted by molar-refractivity contribution is 0.0732. The van der Waals surface area contributed by atoms with Crippen LogP contribution in [0.1, 0.15) is 34.9 Å². The number of nitrogens with zero attached hydrogens (tertiary/aromatic N) is 2. The molecular formula is C14H14BrN3O. The van der Waals surface area contributed by atoms with E-state index in [2.05, 4.69) is 25.9 Å². The number of carbonyl (C=O) groups excluding carboxylic acids is 1. The summed E-state index contributed by atoms with van der Waals surface area (Å²) in [7, 11) is 0. The van der Waals surface area contributed by atoms with Crippen LogP contribution in [0.4, 0.5) is 0 Å². The van der Waals surface area contributed by atoms with Crippen LogP contribution in [0.15, 0.2) is 41.3 Å². The molecule has 2 aromatic heterocycles. The van der Waals surface area contributed by atoms with Gasteiger partial charge in [0.1, 0.15) is 0 Å². The lowest BCUT2D eigenvalue weighted by Crippen LogP contribution is -2.30. The largest absolute Gasteiger partial charge is 0.363 e. The van der Waals surface area contributed by atoms with Crippen LogP contribution in [0.25, 0.3) is 0 Å². The molecule has 1 N–H and O–H groups in total. The van der Waals surface area contributed by atoms with Crippen LogP contribution < -0.4 is 0 Å². The van der Waals surface area contributed by atoms with Gasteiger partial charge in [0.25, 0.3) is 5.91 Å². The van der Waals surface area contributed by atoms with Gasteiger partial charge in [-0.05, 0) is 47.0 Å². The highest BCUT2D eigenvalue weighted by Crippen LogP contribution is 2.32. The summed E-state index contributed by atoms with van der Waals surface area (Å²) in [5.41, 5.74) is 1.74. The molecule has 1 atom stereocenters. The molecule has 0 spiro atoms. The highest BCUT2D eigenvalue weighted by atomic mass is 79.9. The van der Waals surface area contributed by atoms with Crippen LogP contribution in [0.5, 0.6) is 0 Å². The fraction of sp³-hybridized carbons (Fsp3) is 0.286. The monoisotopic (exact) mass is 319 g/mol. The zero-order chi connectivity index (χ0) is 13.2. The molecule has 1 aliphatic heterocycles. The van der Waals surface area contributed by atoms with Gasteiger partial charge in [-0.15, -0.1) is 0 Å². The molecular weight excluding hydrogens is 306 g/mol. The second-order valence-electron chi connectivity index (χ2n) is 4.67. The molecule has 1 fully saturated rings. The molecule has 98 valence electrons. The third-order valence-electron chi connectivity index (χ3n) is 3.45. The summed E-state index contributed by atoms with van der Waals surface area (Å²) in [5, 5.41) is 0. The van der Waals surface area contributed by atoms with Crippen LogP contribution in [-0.2, 0) is 0 Å². The van der Waals surface area contributed by atoms with E-state index in [1.807, 2.05) is 29.3 Å². The number of pyridine rings is 1. The van der Waals surface area contributed by atoms with Crippen molar-refractivity contribution in [3.05, 3.63) is 52.5 Å². The van der Waals surface area contributed by atoms with E-state index in [4.69, 9.17) is 0 Å². The van der Waals surface area contributed by atoms with Crippen molar-refractivity contribution in [2.45, 2.75) is 18.9 Å². The highest BCUT2D eigenvalue weighted by molar-refractivity contribution is 9.10. The summed E-state index contributed by atoms with van der Waals surface area (Å²) in [4.78, 5) is 21.8. The normalized spacial score (nSPS) is 18.8. The minimum absolute atomic E-state index is 0.0471. The van der Waals surface area contributed by atoms with Crippen LogP contribution >= 0.6 is 15.9 Å². The SMILES string of the molecule is O=C(c1cncc(Br)c1)N1CCC[C@@H]1c1ccc[nH]1. The molecule has 0 aliphatic carbocycles. The van der Waals surface area contributed by atoms with Gasteiger partial charge in [0.2, 0.25) is 0 Å². The second kappa shape index (κ2) is 5.17. The average molecular weight is 320 g/mol. The van der Waals surface area contributed by atoms with Gasteiger partial charge in [-0.3, -0.25) is 9.78 Å². The molecule has 1 saturated heterocycles. The summed E-state index contributed by atoms with van der Waals surface area (Å²) in [6.45, 7) is 0.801. The van der Waals surface area contributed by atoms with Gasteiger partial charge in [0, 0.05) is 35.3 Å². The van der Waals surface area contributed by atoms with E-state index in [0.717, 1.165) is 29.6 Å². The lowest BCUT2D eigenvalue weighted by atomic mass is 10.1. The molecule has 0 unspecified atom stereocenters. The molecule has 0 aromatic carbocycles. The summed E-state index contributed by atoms with van der Waals surface area (Å²) in [6, 6.07) is 5.98. The Hall–Kier alpha value is -1.62. The van der Waals surface area contributed by atoms with Crippen LogP contribution in [0.2, 0.25) is 0 Å². The zero-order valence-corrected chi connectivity index (χ0v) is 11.9. The second-order valence-corrected chi connectivity index (χ2v) is 5.59. The fourth-order valence-electron chi connectivity index (χ4n) is 2.58. The van der Waals surface area contributed by atoms with Crippen molar-refractivity contribution in [2.75, 3.05) is 6.54 Å². The summed E-state index contributed by atoms with van der Waals surface area (Å²) < 4.78 is 0.828. The number of likely N-dealkylation sites (tertiary alicyclic amines) is 1. The lowest BCUT2D eigenvalue weighted by Gasteiger charge is -2.24. The first kappa shape index (κ1) is 12.4. The molecule has 1 amide bonds. The standard InChI is InChI=1S/C14H14BrN3O/c15-11-7-10(8-16-9-11)14(19)18-6-2-4-13(18)12-3-1-5-17-12/h1,3,5,7-9,13,17H,2,4,6H2/t13-/m1/s1. The van der Waals surface area contributed by atoms with Crippen LogP contribution in [0, 0.1) is 0 Å². The van der Waals surface area contributed by atoms with Gasteiger partial charge in [-0.25, -0.2) is 0 Å². The minimum Gasteiger partial charge on any atom is -0.363 e. The van der Waals surface area contributed by atoms with Crippen LogP contribution in [0.3, 0.4) is 0 Å². The third-order valence-corrected chi connectivity index (χ3v) is 3.88. The molecule has 3 heterocycles. The van der Waals surface area contributed by atoms with E-state index in [-0.39, 0.29) is 11.9 Å². The summed E-state index contributed by atoms with van der Waals surface area (Å²) in [6.07, 6.45) is 7.25. The number of aromatic amines is 1.